The van der Waals surface area contributed by atoms with E-state index < -0.39 is 205 Å². The number of amides is 7. The predicted molar refractivity (Wildman–Crippen MR) is 298 cm³/mol. The van der Waals surface area contributed by atoms with Crippen molar-refractivity contribution in [2.45, 2.75) is 132 Å². The zero-order valence-electron chi connectivity index (χ0n) is 48.4. The number of benzene rings is 3. The Bertz CT molecular complexity index is 3310. The third kappa shape index (κ3) is 17.8. The number of aromatic nitrogens is 1. The molecule has 0 aliphatic carbocycles. The zero-order valence-corrected chi connectivity index (χ0v) is 51.2. The van der Waals surface area contributed by atoms with Crippen LogP contribution in [0, 0.1) is 11.8 Å². The first kappa shape index (κ1) is 70.9. The number of rotatable bonds is 18. The summed E-state index contributed by atoms with van der Waals surface area (Å²) in [6, 6.07) is 6.15. The van der Waals surface area contributed by atoms with Gasteiger partial charge in [0.15, 0.2) is 29.3 Å². The summed E-state index contributed by atoms with van der Waals surface area (Å²) in [4.78, 5) is 114. The van der Waals surface area contributed by atoms with Gasteiger partial charge in [0.05, 0.1) is 43.9 Å². The average Bonchev–Trinajstić information content (AvgIpc) is 2.43. The van der Waals surface area contributed by atoms with Crippen molar-refractivity contribution >= 4 is 57.5 Å². The van der Waals surface area contributed by atoms with Crippen molar-refractivity contribution < 1.29 is 140 Å². The van der Waals surface area contributed by atoms with Crippen molar-refractivity contribution in [3.63, 3.8) is 0 Å². The predicted octanol–water partition coefficient (Wildman–Crippen LogP) is -6.54. The van der Waals surface area contributed by atoms with Crippen LogP contribution in [0.2, 0.25) is 0 Å². The average molecular weight is 1280 g/mol. The minimum Gasteiger partial charge on any atom is -0.716 e. The number of hydrogen-bond donors (Lipinski definition) is 14. The number of carbonyl (C=O) groups excluding carboxylic acids is 8. The number of unbranched alkanes of at least 4 members (excludes halogenated alkanes) is 2. The van der Waals surface area contributed by atoms with Gasteiger partial charge in [-0.3, -0.25) is 38.4 Å². The Morgan fingerprint density at radius 1 is 0.854 bits per heavy atom. The molecular weight excluding hydrogens is 1210 g/mol. The number of ketones is 1. The monoisotopic (exact) mass is 1280 g/mol. The van der Waals surface area contributed by atoms with Crippen LogP contribution in [0.25, 0.3) is 22.6 Å². The van der Waals surface area contributed by atoms with Gasteiger partial charge < -0.3 is 101 Å². The minimum absolute atomic E-state index is 0. The van der Waals surface area contributed by atoms with Crippen LogP contribution in [0.15, 0.2) is 77.3 Å². The van der Waals surface area contributed by atoms with E-state index in [1.54, 1.807) is 30.3 Å². The van der Waals surface area contributed by atoms with Crippen molar-refractivity contribution in [3.8, 4) is 39.8 Å². The molecule has 3 aliphatic rings. The molecule has 15 N–H and O–H groups in total. The number of nitrogens with zero attached hydrogens (tertiary/aromatic N) is 3. The van der Waals surface area contributed by atoms with Crippen molar-refractivity contribution in [1.82, 2.24) is 36.2 Å². The molecule has 0 spiro atoms. The molecule has 3 fully saturated rings. The third-order valence-corrected chi connectivity index (χ3v) is 15.6. The molecule has 33 heteroatoms. The fourth-order valence-corrected chi connectivity index (χ4v) is 10.8. The van der Waals surface area contributed by atoms with E-state index in [9.17, 15) is 97.3 Å². The maximum Gasteiger partial charge on any atom is 1.00 e. The maximum absolute atomic E-state index is 14.7. The van der Waals surface area contributed by atoms with Gasteiger partial charge in [0.2, 0.25) is 35.4 Å². The van der Waals surface area contributed by atoms with Crippen molar-refractivity contribution in [1.29, 1.82) is 0 Å². The number of hydrogen-bond acceptors (Lipinski definition) is 24. The Kier molecular flexibility index (Phi) is 24.7. The second-order valence-corrected chi connectivity index (χ2v) is 22.7. The van der Waals surface area contributed by atoms with Gasteiger partial charge in [-0.2, -0.15) is 0 Å². The summed E-state index contributed by atoms with van der Waals surface area (Å²) in [5.41, 5.74) is 6.19. The van der Waals surface area contributed by atoms with Gasteiger partial charge in [0, 0.05) is 61.0 Å². The molecule has 7 rings (SSSR count). The Balaban J connectivity index is 0.0000126. The first-order valence-corrected chi connectivity index (χ1v) is 29.2. The molecule has 89 heavy (non-hydrogen) atoms. The van der Waals surface area contributed by atoms with Gasteiger partial charge in [0.1, 0.15) is 60.0 Å². The molecule has 1 aromatic heterocycles. The number of phenols is 1. The van der Waals surface area contributed by atoms with Crippen molar-refractivity contribution in [2.75, 3.05) is 26.3 Å². The molecule has 7 amide bonds. The van der Waals surface area contributed by atoms with Crippen LogP contribution in [0.3, 0.4) is 0 Å². The van der Waals surface area contributed by atoms with Gasteiger partial charge in [-0.25, -0.2) is 8.42 Å². The van der Waals surface area contributed by atoms with E-state index in [2.05, 4.69) is 32.2 Å². The van der Waals surface area contributed by atoms with Gasteiger partial charge in [-0.15, -0.1) is 0 Å². The number of primary amides is 1. The van der Waals surface area contributed by atoms with Crippen LogP contribution >= 0.6 is 0 Å². The number of aliphatic hydroxyl groups excluding tert-OH is 8. The number of nitrogens with one attached hydrogen (secondary N) is 4. The summed E-state index contributed by atoms with van der Waals surface area (Å²) in [6.07, 6.45) is -16.3. The van der Waals surface area contributed by atoms with Crippen LogP contribution in [0.5, 0.6) is 17.2 Å². The van der Waals surface area contributed by atoms with Crippen molar-refractivity contribution in [2.24, 2.45) is 17.6 Å². The normalized spacial score (nSPS) is 26.0. The fourth-order valence-electron chi connectivity index (χ4n) is 10.5. The van der Waals surface area contributed by atoms with Gasteiger partial charge >= 0.3 is 29.6 Å². The first-order chi connectivity index (χ1) is 41.6. The second-order valence-electron chi connectivity index (χ2n) is 21.7. The van der Waals surface area contributed by atoms with Crippen LogP contribution in [-0.4, -0.2) is 214 Å². The topological polar surface area (TPSA) is 501 Å². The molecular formula is C56H69N8NaO23S. The van der Waals surface area contributed by atoms with Gasteiger partial charge in [0.25, 0.3) is 16.3 Å². The molecule has 3 aliphatic heterocycles. The number of nitrogens with two attached hydrogens (primary N) is 1. The Morgan fingerprint density at radius 3 is 2.17 bits per heavy atom. The van der Waals surface area contributed by atoms with Crippen LogP contribution in [-0.2, 0) is 44.0 Å². The number of phenolic OH excluding ortho intramolecular Hbond substituents is 1. The second kappa shape index (κ2) is 31.0. The number of aliphatic hydroxyl groups is 8. The molecule has 14 unspecified atom stereocenters. The minimum atomic E-state index is -5.59. The Labute approximate surface area is 530 Å². The summed E-state index contributed by atoms with van der Waals surface area (Å²) in [5, 5.41) is 113. The zero-order chi connectivity index (χ0) is 64.5. The van der Waals surface area contributed by atoms with Gasteiger partial charge in [-0.1, -0.05) is 50.0 Å². The molecule has 14 atom stereocenters. The van der Waals surface area contributed by atoms with Crippen LogP contribution in [0.4, 0.5) is 0 Å². The number of aromatic hydroxyl groups is 1. The fraction of sp³-hybridized carbons (Fsp3) is 0.482. The van der Waals surface area contributed by atoms with E-state index in [1.807, 2.05) is 5.32 Å². The number of fused-ring (bicyclic) bond motifs is 2. The molecule has 0 radical (unpaired) electrons. The quantitative estimate of drug-likeness (QED) is 0.0191. The summed E-state index contributed by atoms with van der Waals surface area (Å²) in [6.45, 7) is 1.54. The molecule has 4 heterocycles. The summed E-state index contributed by atoms with van der Waals surface area (Å²) in [5.74, 6) is -14.6. The first-order valence-electron chi connectivity index (χ1n) is 27.9. The van der Waals surface area contributed by atoms with E-state index in [-0.39, 0.29) is 35.1 Å². The Morgan fingerprint density at radius 2 is 1.53 bits per heavy atom. The van der Waals surface area contributed by atoms with E-state index in [0.29, 0.717) is 56.9 Å². The summed E-state index contributed by atoms with van der Waals surface area (Å²) < 4.78 is 49.9. The molecule has 0 saturated carbocycles. The van der Waals surface area contributed by atoms with Crippen LogP contribution in [0.1, 0.15) is 80.8 Å². The largest absolute Gasteiger partial charge is 1.00 e. The van der Waals surface area contributed by atoms with Gasteiger partial charge in [-0.05, 0) is 60.5 Å². The number of ether oxygens (including phenoxy) is 1. The molecule has 3 aromatic carbocycles. The standard InChI is InChI=1S/C56H70N8O23S.Na/c1-3-4-5-16-85-32-13-10-28(11-14-32)42-21-34(62-86-42)27-6-8-29(9-7-27)50(75)58-35-20-41(70)53(78)61-54(79)46-47(72)26(2)23-64(46)55(80)33(39(68)22-44(57)71)19-40(69)45(49(74)48(73)30-12-15-38(67)43(17-30)87-88(82,83)84)60-52(77)37-18-31(66)24-63(37)56(81)36(25-65)59-51(35)76;/h6-15,17,21,26,31,33,35-37,39,41,45-49,53,65-68,70,72-74,78H,3-5,16,18-20,22-25H2,1-2H3,(H2,57,71)(H,58,75)(H,59,76)(H,60,77)(H,61,79)(H,82,83,84);/q;+1/p-1. The summed E-state index contributed by atoms with van der Waals surface area (Å²) in [7, 11) is -5.59. The Hall–Kier alpha value is -7.18. The molecule has 478 valence electrons. The number of Topliss-reactive ketones (excluding diaryl/α,β-unsaturated/α-hetero) is 1. The van der Waals surface area contributed by atoms with E-state index >= 15 is 0 Å². The van der Waals surface area contributed by atoms with E-state index in [4.69, 9.17) is 15.0 Å². The molecule has 0 bridgehead atoms. The van der Waals surface area contributed by atoms with E-state index in [1.165, 1.54) is 31.2 Å². The summed E-state index contributed by atoms with van der Waals surface area (Å²) >= 11 is 0. The molecule has 3 saturated heterocycles. The molecule has 31 nitrogen and oxygen atoms in total. The van der Waals surface area contributed by atoms with Crippen molar-refractivity contribution in [3.05, 3.63) is 83.9 Å². The smallest absolute Gasteiger partial charge is 0.716 e. The van der Waals surface area contributed by atoms with E-state index in [0.717, 1.165) is 25.3 Å². The number of carbonyl (C=O) groups is 8. The third-order valence-electron chi connectivity index (χ3n) is 15.2. The maximum atomic E-state index is 14.7. The van der Waals surface area contributed by atoms with Crippen LogP contribution < -0.4 is 65.5 Å². The molecule has 4 aromatic rings. The SMILES string of the molecule is CCCCCOc1ccc(-c2cc(-c3ccc(C(=O)NC4CC(O)C(O)NC(=O)C5C(O)C(C)CN5C(=O)C(C(O)CC(N)=O)CC(=O)C(C(O)C(O)c5ccc(O)c(OS(=O)(=O)[O-])c5)NC(=O)C5CC(O)CN5C(=O)C(CO)NC4=O)cc3)no2)cc1.[Na+].